The van der Waals surface area contributed by atoms with E-state index in [1.165, 1.54) is 0 Å². The average molecular weight is 237 g/mol. The Hall–Kier alpha value is -1.55. The molecule has 0 heterocycles. The molecular weight excluding hydrogens is 218 g/mol. The fourth-order valence-electron chi connectivity index (χ4n) is 1.47. The second kappa shape index (κ2) is 6.25. The van der Waals surface area contributed by atoms with E-state index in [9.17, 15) is 4.79 Å². The summed E-state index contributed by atoms with van der Waals surface area (Å²) < 4.78 is 5.41. The molecule has 4 heteroatoms. The van der Waals surface area contributed by atoms with Gasteiger partial charge in [-0.2, -0.15) is 0 Å². The number of ether oxygens (including phenoxy) is 1. The summed E-state index contributed by atoms with van der Waals surface area (Å²) >= 11 is 0. The summed E-state index contributed by atoms with van der Waals surface area (Å²) in [7, 11) is 0. The van der Waals surface area contributed by atoms with Gasteiger partial charge in [-0.1, -0.05) is 17.7 Å². The Morgan fingerprint density at radius 2 is 2.18 bits per heavy atom. The Balaban J connectivity index is 2.47. The zero-order valence-corrected chi connectivity index (χ0v) is 10.5. The van der Waals surface area contributed by atoms with Crippen LogP contribution < -0.4 is 10.1 Å². The van der Waals surface area contributed by atoms with Gasteiger partial charge in [-0.15, -0.1) is 0 Å². The van der Waals surface area contributed by atoms with Crippen LogP contribution in [0.5, 0.6) is 5.75 Å². The predicted octanol–water partition coefficient (Wildman–Crippen LogP) is 1.18. The van der Waals surface area contributed by atoms with E-state index in [1.54, 1.807) is 6.92 Å². The van der Waals surface area contributed by atoms with Crippen molar-refractivity contribution in [3.63, 3.8) is 0 Å². The van der Waals surface area contributed by atoms with Crippen molar-refractivity contribution in [3.05, 3.63) is 29.3 Å². The Morgan fingerprint density at radius 3 is 2.76 bits per heavy atom. The molecule has 0 saturated carbocycles. The second-order valence-electron chi connectivity index (χ2n) is 4.21. The largest absolute Gasteiger partial charge is 0.484 e. The lowest BCUT2D eigenvalue weighted by molar-refractivity contribution is -0.124. The van der Waals surface area contributed by atoms with Gasteiger partial charge in [-0.25, -0.2) is 0 Å². The summed E-state index contributed by atoms with van der Waals surface area (Å²) in [6, 6.07) is 5.55. The van der Waals surface area contributed by atoms with Gasteiger partial charge in [-0.3, -0.25) is 4.79 Å². The van der Waals surface area contributed by atoms with Crippen LogP contribution in [-0.4, -0.2) is 30.3 Å². The Morgan fingerprint density at radius 1 is 1.47 bits per heavy atom. The summed E-state index contributed by atoms with van der Waals surface area (Å²) in [6.45, 7) is 5.57. The van der Waals surface area contributed by atoms with Crippen LogP contribution in [0, 0.1) is 13.8 Å². The predicted molar refractivity (Wildman–Crippen MR) is 66.1 cm³/mol. The Kier molecular flexibility index (Phi) is 4.97. The zero-order chi connectivity index (χ0) is 12.8. The number of benzene rings is 1. The molecule has 0 unspecified atom stereocenters. The van der Waals surface area contributed by atoms with Gasteiger partial charge in [0.2, 0.25) is 0 Å². The number of nitrogens with one attached hydrogen (secondary N) is 1. The topological polar surface area (TPSA) is 58.6 Å². The number of aliphatic hydroxyl groups excluding tert-OH is 1. The van der Waals surface area contributed by atoms with Gasteiger partial charge < -0.3 is 15.2 Å². The fourth-order valence-corrected chi connectivity index (χ4v) is 1.47. The van der Waals surface area contributed by atoms with Crippen LogP contribution in [0.2, 0.25) is 0 Å². The highest BCUT2D eigenvalue weighted by Crippen LogP contribution is 2.18. The quantitative estimate of drug-likeness (QED) is 0.808. The molecule has 1 rings (SSSR count). The van der Waals surface area contributed by atoms with E-state index in [4.69, 9.17) is 9.84 Å². The van der Waals surface area contributed by atoms with Crippen molar-refractivity contribution in [2.24, 2.45) is 0 Å². The van der Waals surface area contributed by atoms with Crippen LogP contribution in [0.3, 0.4) is 0 Å². The van der Waals surface area contributed by atoms with E-state index in [2.05, 4.69) is 5.32 Å². The van der Waals surface area contributed by atoms with E-state index in [0.29, 0.717) is 5.75 Å². The summed E-state index contributed by atoms with van der Waals surface area (Å²) in [5, 5.41) is 11.4. The monoisotopic (exact) mass is 237 g/mol. The molecule has 0 spiro atoms. The van der Waals surface area contributed by atoms with Crippen LogP contribution >= 0.6 is 0 Å². The van der Waals surface area contributed by atoms with Crippen LogP contribution in [0.1, 0.15) is 18.1 Å². The first-order valence-corrected chi connectivity index (χ1v) is 5.63. The number of aryl methyl sites for hydroxylation is 2. The number of hydrogen-bond donors (Lipinski definition) is 2. The highest BCUT2D eigenvalue weighted by atomic mass is 16.5. The minimum atomic E-state index is -0.245. The molecule has 0 bridgehead atoms. The third-order valence-corrected chi connectivity index (χ3v) is 2.37. The third-order valence-electron chi connectivity index (χ3n) is 2.37. The van der Waals surface area contributed by atoms with Crippen LogP contribution in [-0.2, 0) is 4.79 Å². The molecule has 4 nitrogen and oxygen atoms in total. The highest BCUT2D eigenvalue weighted by molar-refractivity contribution is 5.77. The molecule has 0 aliphatic carbocycles. The first-order valence-electron chi connectivity index (χ1n) is 5.63. The Bertz CT molecular complexity index is 390. The maximum absolute atomic E-state index is 11.4. The number of rotatable bonds is 5. The van der Waals surface area contributed by atoms with Crippen LogP contribution in [0.25, 0.3) is 0 Å². The standard InChI is InChI=1S/C13H19NO3/c1-9-4-5-12(10(2)6-9)17-8-13(16)14-11(3)7-15/h4-6,11,15H,7-8H2,1-3H3,(H,14,16)/t11-/m0/s1. The number of amides is 1. The fraction of sp³-hybridized carbons (Fsp3) is 0.462. The van der Waals surface area contributed by atoms with Gasteiger partial charge in [0, 0.05) is 6.04 Å². The lowest BCUT2D eigenvalue weighted by atomic mass is 10.1. The van der Waals surface area contributed by atoms with E-state index < -0.39 is 0 Å². The molecular formula is C13H19NO3. The molecule has 0 aromatic heterocycles. The molecule has 0 fully saturated rings. The second-order valence-corrected chi connectivity index (χ2v) is 4.21. The smallest absolute Gasteiger partial charge is 0.258 e. The molecule has 0 saturated heterocycles. The minimum Gasteiger partial charge on any atom is -0.484 e. The van der Waals surface area contributed by atoms with Crippen molar-refractivity contribution in [2.45, 2.75) is 26.8 Å². The van der Waals surface area contributed by atoms with Gasteiger partial charge in [0.1, 0.15) is 5.75 Å². The highest BCUT2D eigenvalue weighted by Gasteiger charge is 2.07. The lowest BCUT2D eigenvalue weighted by Gasteiger charge is -2.12. The van der Waals surface area contributed by atoms with Crippen molar-refractivity contribution >= 4 is 5.91 Å². The number of carbonyl (C=O) groups excluding carboxylic acids is 1. The molecule has 1 amide bonds. The van der Waals surface area contributed by atoms with E-state index in [-0.39, 0.29) is 25.2 Å². The SMILES string of the molecule is Cc1ccc(OCC(=O)N[C@@H](C)CO)c(C)c1. The summed E-state index contributed by atoms with van der Waals surface area (Å²) in [5.41, 5.74) is 2.17. The third kappa shape index (κ3) is 4.44. The molecule has 0 aliphatic heterocycles. The van der Waals surface area contributed by atoms with Crippen molar-refractivity contribution in [2.75, 3.05) is 13.2 Å². The molecule has 1 aromatic rings. The molecule has 0 aliphatic rings. The van der Waals surface area contributed by atoms with Gasteiger partial charge >= 0.3 is 0 Å². The minimum absolute atomic E-state index is 0.0335. The first-order chi connectivity index (χ1) is 8.02. The van der Waals surface area contributed by atoms with Gasteiger partial charge in [-0.05, 0) is 32.4 Å². The van der Waals surface area contributed by atoms with Crippen LogP contribution in [0.15, 0.2) is 18.2 Å². The van der Waals surface area contributed by atoms with E-state index >= 15 is 0 Å². The van der Waals surface area contributed by atoms with Crippen molar-refractivity contribution in [3.8, 4) is 5.75 Å². The van der Waals surface area contributed by atoms with Crippen molar-refractivity contribution < 1.29 is 14.6 Å². The summed E-state index contributed by atoms with van der Waals surface area (Å²) in [5.74, 6) is 0.480. The lowest BCUT2D eigenvalue weighted by Crippen LogP contribution is -2.38. The maximum atomic E-state index is 11.4. The number of carbonyl (C=O) groups is 1. The molecule has 0 radical (unpaired) electrons. The molecule has 1 atom stereocenters. The molecule has 1 aromatic carbocycles. The van der Waals surface area contributed by atoms with Gasteiger partial charge in [0.25, 0.3) is 5.91 Å². The first kappa shape index (κ1) is 13.5. The van der Waals surface area contributed by atoms with Crippen molar-refractivity contribution in [1.82, 2.24) is 5.32 Å². The zero-order valence-electron chi connectivity index (χ0n) is 10.5. The average Bonchev–Trinajstić information content (AvgIpc) is 2.27. The van der Waals surface area contributed by atoms with Gasteiger partial charge in [0.05, 0.1) is 6.61 Å². The molecule has 2 N–H and O–H groups in total. The Labute approximate surface area is 102 Å². The van der Waals surface area contributed by atoms with Crippen molar-refractivity contribution in [1.29, 1.82) is 0 Å². The molecule has 94 valence electrons. The normalized spacial score (nSPS) is 12.0. The number of hydrogen-bond acceptors (Lipinski definition) is 3. The summed E-state index contributed by atoms with van der Waals surface area (Å²) in [4.78, 5) is 11.4. The summed E-state index contributed by atoms with van der Waals surface area (Å²) in [6.07, 6.45) is 0. The van der Waals surface area contributed by atoms with Gasteiger partial charge in [0.15, 0.2) is 6.61 Å². The van der Waals surface area contributed by atoms with E-state index in [1.807, 2.05) is 32.0 Å². The van der Waals surface area contributed by atoms with E-state index in [0.717, 1.165) is 11.1 Å². The maximum Gasteiger partial charge on any atom is 0.258 e. The molecule has 17 heavy (non-hydrogen) atoms. The van der Waals surface area contributed by atoms with Crippen LogP contribution in [0.4, 0.5) is 0 Å². The number of aliphatic hydroxyl groups is 1.